The van der Waals surface area contributed by atoms with Crippen molar-refractivity contribution in [1.29, 1.82) is 0 Å². The van der Waals surface area contributed by atoms with Gasteiger partial charge < -0.3 is 20.1 Å². The number of esters is 1. The molecule has 1 atom stereocenters. The molecular weight excluding hydrogens is 320 g/mol. The van der Waals surface area contributed by atoms with Crippen molar-refractivity contribution < 1.29 is 19.1 Å². The van der Waals surface area contributed by atoms with E-state index in [1.165, 1.54) is 5.56 Å². The molecule has 1 aliphatic heterocycles. The minimum Gasteiger partial charge on any atom is -0.460 e. The van der Waals surface area contributed by atoms with Crippen molar-refractivity contribution in [1.82, 2.24) is 10.6 Å². The molecule has 0 radical (unpaired) electrons. The van der Waals surface area contributed by atoms with Crippen LogP contribution in [0.15, 0.2) is 35.5 Å². The molecular formula is C19H26N2O4. The molecule has 1 heterocycles. The summed E-state index contributed by atoms with van der Waals surface area (Å²) in [5.41, 5.74) is 2.95. The predicted molar refractivity (Wildman–Crippen MR) is 95.0 cm³/mol. The average molecular weight is 346 g/mol. The maximum Gasteiger partial charge on any atom is 0.338 e. The summed E-state index contributed by atoms with van der Waals surface area (Å²) in [7, 11) is 0. The molecule has 0 spiro atoms. The lowest BCUT2D eigenvalue weighted by molar-refractivity contribution is -0.141. The lowest BCUT2D eigenvalue weighted by Gasteiger charge is -2.28. The molecule has 6 heteroatoms. The molecule has 1 aromatic rings. The summed E-state index contributed by atoms with van der Waals surface area (Å²) in [6.45, 7) is 8.13. The zero-order valence-electron chi connectivity index (χ0n) is 15.2. The fourth-order valence-electron chi connectivity index (χ4n) is 2.66. The van der Waals surface area contributed by atoms with Crippen LogP contribution in [0.4, 0.5) is 4.79 Å². The summed E-state index contributed by atoms with van der Waals surface area (Å²) < 4.78 is 10.7. The fourth-order valence-corrected chi connectivity index (χ4v) is 2.66. The van der Waals surface area contributed by atoms with Crippen LogP contribution in [0.3, 0.4) is 0 Å². The molecule has 0 unspecified atom stereocenters. The number of allylic oxidation sites excluding steroid dienone is 1. The smallest absolute Gasteiger partial charge is 0.338 e. The highest BCUT2D eigenvalue weighted by atomic mass is 16.6. The number of benzene rings is 1. The van der Waals surface area contributed by atoms with Gasteiger partial charge in [0.25, 0.3) is 0 Å². The van der Waals surface area contributed by atoms with Gasteiger partial charge in [-0.3, -0.25) is 0 Å². The maximum absolute atomic E-state index is 12.5. The Hall–Kier alpha value is -2.34. The van der Waals surface area contributed by atoms with E-state index in [0.717, 1.165) is 12.0 Å². The minimum atomic E-state index is -0.529. The van der Waals surface area contributed by atoms with Crippen molar-refractivity contribution >= 4 is 12.0 Å². The van der Waals surface area contributed by atoms with Crippen LogP contribution in [0.25, 0.3) is 0 Å². The van der Waals surface area contributed by atoms with Crippen LogP contribution in [0.5, 0.6) is 0 Å². The Balaban J connectivity index is 2.16. The van der Waals surface area contributed by atoms with E-state index in [0.29, 0.717) is 17.9 Å². The van der Waals surface area contributed by atoms with Gasteiger partial charge in [0.05, 0.1) is 24.3 Å². The van der Waals surface area contributed by atoms with E-state index in [2.05, 4.69) is 17.6 Å². The predicted octanol–water partition coefficient (Wildman–Crippen LogP) is 2.85. The normalized spacial score (nSPS) is 17.3. The topological polar surface area (TPSA) is 76.7 Å². The summed E-state index contributed by atoms with van der Waals surface area (Å²) in [4.78, 5) is 24.4. The van der Waals surface area contributed by atoms with Crippen molar-refractivity contribution in [2.75, 3.05) is 13.2 Å². The lowest BCUT2D eigenvalue weighted by atomic mass is 9.94. The molecule has 0 fully saturated rings. The number of rotatable bonds is 7. The third-order valence-corrected chi connectivity index (χ3v) is 3.98. The Morgan fingerprint density at radius 2 is 1.88 bits per heavy atom. The zero-order valence-corrected chi connectivity index (χ0v) is 15.2. The molecule has 0 saturated carbocycles. The fraction of sp³-hybridized carbons (Fsp3) is 0.474. The van der Waals surface area contributed by atoms with Crippen molar-refractivity contribution in [2.45, 2.75) is 46.3 Å². The van der Waals surface area contributed by atoms with Gasteiger partial charge in [-0.2, -0.15) is 0 Å². The van der Waals surface area contributed by atoms with Crippen LogP contribution in [0, 0.1) is 0 Å². The van der Waals surface area contributed by atoms with E-state index < -0.39 is 12.0 Å². The van der Waals surface area contributed by atoms with Crippen LogP contribution in [-0.4, -0.2) is 31.3 Å². The second kappa shape index (κ2) is 8.67. The van der Waals surface area contributed by atoms with Gasteiger partial charge in [0.15, 0.2) is 0 Å². The number of hydrogen-bond acceptors (Lipinski definition) is 4. The van der Waals surface area contributed by atoms with E-state index in [1.54, 1.807) is 6.92 Å². The quantitative estimate of drug-likeness (QED) is 0.588. The number of aryl methyl sites for hydroxylation is 1. The number of nitrogens with one attached hydrogen (secondary N) is 2. The van der Waals surface area contributed by atoms with E-state index in [9.17, 15) is 9.59 Å². The van der Waals surface area contributed by atoms with E-state index in [-0.39, 0.29) is 18.7 Å². The Kier molecular flexibility index (Phi) is 6.58. The number of hydrogen-bond donors (Lipinski definition) is 2. The van der Waals surface area contributed by atoms with E-state index >= 15 is 0 Å². The highest BCUT2D eigenvalue weighted by Gasteiger charge is 2.32. The van der Waals surface area contributed by atoms with Gasteiger partial charge in [0.1, 0.15) is 6.61 Å². The number of carbonyl (C=O) groups is 2. The summed E-state index contributed by atoms with van der Waals surface area (Å²) in [6, 6.07) is 6.99. The monoisotopic (exact) mass is 346 g/mol. The SMILES string of the molecule is CCc1ccc([C@H]2NC(=O)NC(C)=C2C(=O)OCCOC(C)C)cc1. The van der Waals surface area contributed by atoms with Crippen molar-refractivity contribution in [2.24, 2.45) is 0 Å². The maximum atomic E-state index is 12.5. The number of ether oxygens (including phenoxy) is 2. The Bertz CT molecular complexity index is 650. The van der Waals surface area contributed by atoms with E-state index in [4.69, 9.17) is 9.47 Å². The molecule has 1 aliphatic rings. The molecule has 2 amide bonds. The zero-order chi connectivity index (χ0) is 18.4. The third-order valence-electron chi connectivity index (χ3n) is 3.98. The molecule has 0 saturated heterocycles. The van der Waals surface area contributed by atoms with Crippen LogP contribution < -0.4 is 10.6 Å². The van der Waals surface area contributed by atoms with Crippen LogP contribution in [0.1, 0.15) is 44.9 Å². The van der Waals surface area contributed by atoms with Crippen LogP contribution >= 0.6 is 0 Å². The van der Waals surface area contributed by atoms with Gasteiger partial charge in [-0.05, 0) is 38.3 Å². The molecule has 0 aromatic heterocycles. The highest BCUT2D eigenvalue weighted by Crippen LogP contribution is 2.27. The third kappa shape index (κ3) is 5.06. The summed E-state index contributed by atoms with van der Waals surface area (Å²) in [5, 5.41) is 5.44. The number of urea groups is 1. The van der Waals surface area contributed by atoms with Crippen LogP contribution in [-0.2, 0) is 20.7 Å². The highest BCUT2D eigenvalue weighted by molar-refractivity contribution is 5.95. The molecule has 1 aromatic carbocycles. The molecule has 25 heavy (non-hydrogen) atoms. The first kappa shape index (κ1) is 19.0. The van der Waals surface area contributed by atoms with Gasteiger partial charge in [-0.1, -0.05) is 31.2 Å². The lowest BCUT2D eigenvalue weighted by Crippen LogP contribution is -2.45. The number of amides is 2. The molecule has 6 nitrogen and oxygen atoms in total. The van der Waals surface area contributed by atoms with E-state index in [1.807, 2.05) is 38.1 Å². The summed E-state index contributed by atoms with van der Waals surface area (Å²) in [6.07, 6.45) is 1.01. The van der Waals surface area contributed by atoms with Crippen molar-refractivity contribution in [3.63, 3.8) is 0 Å². The molecule has 2 N–H and O–H groups in total. The van der Waals surface area contributed by atoms with Crippen molar-refractivity contribution in [3.05, 3.63) is 46.7 Å². The summed E-state index contributed by atoms with van der Waals surface area (Å²) in [5.74, 6) is -0.457. The number of carbonyl (C=O) groups excluding carboxylic acids is 2. The second-order valence-corrected chi connectivity index (χ2v) is 6.22. The largest absolute Gasteiger partial charge is 0.460 e. The van der Waals surface area contributed by atoms with Gasteiger partial charge in [-0.15, -0.1) is 0 Å². The van der Waals surface area contributed by atoms with Gasteiger partial charge in [-0.25, -0.2) is 9.59 Å². The Morgan fingerprint density at radius 3 is 2.48 bits per heavy atom. The van der Waals surface area contributed by atoms with Crippen LogP contribution in [0.2, 0.25) is 0 Å². The van der Waals surface area contributed by atoms with Gasteiger partial charge in [0.2, 0.25) is 0 Å². The summed E-state index contributed by atoms with van der Waals surface area (Å²) >= 11 is 0. The molecule has 0 bridgehead atoms. The molecule has 2 rings (SSSR count). The Morgan fingerprint density at radius 1 is 1.20 bits per heavy atom. The second-order valence-electron chi connectivity index (χ2n) is 6.22. The minimum absolute atomic E-state index is 0.0834. The first-order chi connectivity index (χ1) is 11.9. The van der Waals surface area contributed by atoms with Crippen molar-refractivity contribution in [3.8, 4) is 0 Å². The molecule has 0 aliphatic carbocycles. The van der Waals surface area contributed by atoms with Gasteiger partial charge >= 0.3 is 12.0 Å². The standard InChI is InChI=1S/C19H26N2O4/c1-5-14-6-8-15(9-7-14)17-16(13(4)20-19(23)21-17)18(22)25-11-10-24-12(2)3/h6-9,12,17H,5,10-11H2,1-4H3,(H2,20,21,23)/t17-/m1/s1. The first-order valence-electron chi connectivity index (χ1n) is 8.58. The van der Waals surface area contributed by atoms with Gasteiger partial charge in [0, 0.05) is 5.70 Å². The molecule has 136 valence electrons. The first-order valence-corrected chi connectivity index (χ1v) is 8.58. The Labute approximate surface area is 148 Å². The average Bonchev–Trinajstić information content (AvgIpc) is 2.57.